The molecule has 0 saturated carbocycles. The van der Waals surface area contributed by atoms with Crippen molar-refractivity contribution in [3.8, 4) is 22.4 Å². The number of para-hydroxylation sites is 1. The molecule has 1 aliphatic rings. The van der Waals surface area contributed by atoms with Crippen LogP contribution in [-0.4, -0.2) is 27.9 Å². The second-order valence-electron chi connectivity index (χ2n) is 7.28. The van der Waals surface area contributed by atoms with E-state index in [1.165, 1.54) is 12.0 Å². The third-order valence-corrected chi connectivity index (χ3v) is 5.33. The molecule has 2 aromatic carbocycles. The summed E-state index contributed by atoms with van der Waals surface area (Å²) in [6.45, 7) is 3.21. The van der Waals surface area contributed by atoms with Crippen molar-refractivity contribution in [3.63, 3.8) is 0 Å². The number of nitrogens with zero attached hydrogens (tertiary/aromatic N) is 3. The van der Waals surface area contributed by atoms with Crippen molar-refractivity contribution in [3.05, 3.63) is 73.1 Å². The van der Waals surface area contributed by atoms with Crippen molar-refractivity contribution in [2.24, 2.45) is 5.92 Å². The molecule has 0 aliphatic carbocycles. The Labute approximate surface area is 158 Å². The maximum Gasteiger partial charge on any atom is 0.0923 e. The minimum atomic E-state index is 0.688. The van der Waals surface area contributed by atoms with Crippen LogP contribution in [0.3, 0.4) is 0 Å². The Bertz CT molecular complexity index is 1080. The zero-order chi connectivity index (χ0) is 18.1. The third-order valence-electron chi connectivity index (χ3n) is 5.33. The number of pyridine rings is 1. The first-order chi connectivity index (χ1) is 13.3. The number of fused-ring (bicyclic) bond motifs is 1. The summed E-state index contributed by atoms with van der Waals surface area (Å²) in [5, 5.41) is 9.39. The molecule has 0 bridgehead atoms. The first-order valence-corrected chi connectivity index (χ1v) is 9.55. The summed E-state index contributed by atoms with van der Waals surface area (Å²) in [7, 11) is 0. The molecular weight excluding hydrogens is 332 g/mol. The highest BCUT2D eigenvalue weighted by Crippen LogP contribution is 2.27. The van der Waals surface area contributed by atoms with E-state index in [2.05, 4.69) is 69.7 Å². The number of hydrogen-bond donors (Lipinski definition) is 1. The van der Waals surface area contributed by atoms with E-state index in [-0.39, 0.29) is 0 Å². The molecule has 4 heteroatoms. The summed E-state index contributed by atoms with van der Waals surface area (Å²) in [5.41, 5.74) is 5.49. The van der Waals surface area contributed by atoms with Crippen LogP contribution in [0.1, 0.15) is 6.42 Å². The highest BCUT2D eigenvalue weighted by Gasteiger charge is 2.15. The maximum absolute atomic E-state index is 4.80. The van der Waals surface area contributed by atoms with Crippen LogP contribution in [0.15, 0.2) is 73.1 Å². The fourth-order valence-corrected chi connectivity index (χ4v) is 3.84. The van der Waals surface area contributed by atoms with Crippen molar-refractivity contribution in [2.75, 3.05) is 13.1 Å². The van der Waals surface area contributed by atoms with Crippen LogP contribution in [0, 0.1) is 5.92 Å². The summed E-state index contributed by atoms with van der Waals surface area (Å²) in [4.78, 5) is 4.60. The van der Waals surface area contributed by atoms with E-state index in [1.807, 2.05) is 18.3 Å². The van der Waals surface area contributed by atoms with E-state index >= 15 is 0 Å². The fourth-order valence-electron chi connectivity index (χ4n) is 3.84. The van der Waals surface area contributed by atoms with Gasteiger partial charge < -0.3 is 5.32 Å². The summed E-state index contributed by atoms with van der Waals surface area (Å²) >= 11 is 0. The second-order valence-corrected chi connectivity index (χ2v) is 7.28. The number of rotatable bonds is 4. The Kier molecular flexibility index (Phi) is 4.18. The molecule has 0 spiro atoms. The zero-order valence-electron chi connectivity index (χ0n) is 15.2. The molecular formula is C23H22N4. The van der Waals surface area contributed by atoms with Gasteiger partial charge in [-0.25, -0.2) is 0 Å². The first-order valence-electron chi connectivity index (χ1n) is 9.55. The summed E-state index contributed by atoms with van der Waals surface area (Å²) in [6, 6.07) is 21.1. The number of nitrogens with one attached hydrogen (secondary N) is 1. The molecule has 1 saturated heterocycles. The number of benzene rings is 2. The molecule has 4 aromatic rings. The van der Waals surface area contributed by atoms with E-state index in [4.69, 9.17) is 5.10 Å². The molecule has 0 unspecified atom stereocenters. The van der Waals surface area contributed by atoms with Crippen LogP contribution in [0.25, 0.3) is 33.3 Å². The standard InChI is InChI=1S/C23H22N4/c1-2-7-22-19(4-1)13-21(15-25-22)18-5-3-6-20(12-18)23-9-11-27(26-23)16-17-8-10-24-14-17/h1-7,9,11-13,15,17,24H,8,10,14,16H2/t17-/m1/s1. The molecule has 0 radical (unpaired) electrons. The predicted octanol–water partition coefficient (Wildman–Crippen LogP) is 4.37. The van der Waals surface area contributed by atoms with Crippen LogP contribution in [0.5, 0.6) is 0 Å². The van der Waals surface area contributed by atoms with E-state index in [0.29, 0.717) is 5.92 Å². The summed E-state index contributed by atoms with van der Waals surface area (Å²) < 4.78 is 2.08. The van der Waals surface area contributed by atoms with Crippen molar-refractivity contribution < 1.29 is 0 Å². The van der Waals surface area contributed by atoms with E-state index < -0.39 is 0 Å². The number of aromatic nitrogens is 3. The molecule has 5 rings (SSSR count). The first kappa shape index (κ1) is 16.2. The summed E-state index contributed by atoms with van der Waals surface area (Å²) in [5.74, 6) is 0.688. The molecule has 1 fully saturated rings. The molecule has 0 amide bonds. The van der Waals surface area contributed by atoms with E-state index in [1.54, 1.807) is 0 Å². The van der Waals surface area contributed by atoms with Gasteiger partial charge >= 0.3 is 0 Å². The molecule has 4 nitrogen and oxygen atoms in total. The van der Waals surface area contributed by atoms with Crippen LogP contribution < -0.4 is 5.32 Å². The normalized spacial score (nSPS) is 16.8. The lowest BCUT2D eigenvalue weighted by Crippen LogP contribution is -2.14. The van der Waals surface area contributed by atoms with E-state index in [0.717, 1.165) is 47.4 Å². The van der Waals surface area contributed by atoms with Gasteiger partial charge in [0.15, 0.2) is 0 Å². The molecule has 1 N–H and O–H groups in total. The average Bonchev–Trinajstić information content (AvgIpc) is 3.40. The Balaban J connectivity index is 1.43. The minimum Gasteiger partial charge on any atom is -0.316 e. The van der Waals surface area contributed by atoms with Gasteiger partial charge in [0.25, 0.3) is 0 Å². The van der Waals surface area contributed by atoms with Gasteiger partial charge in [0.1, 0.15) is 0 Å². The lowest BCUT2D eigenvalue weighted by molar-refractivity contribution is 0.450. The molecule has 134 valence electrons. The lowest BCUT2D eigenvalue weighted by atomic mass is 10.0. The smallest absolute Gasteiger partial charge is 0.0923 e. The monoisotopic (exact) mass is 354 g/mol. The molecule has 1 aliphatic heterocycles. The Morgan fingerprint density at radius 3 is 2.81 bits per heavy atom. The highest BCUT2D eigenvalue weighted by atomic mass is 15.3. The molecule has 1 atom stereocenters. The average molecular weight is 354 g/mol. The van der Waals surface area contributed by atoms with Gasteiger partial charge in [-0.2, -0.15) is 5.10 Å². The van der Waals surface area contributed by atoms with Gasteiger partial charge in [-0.15, -0.1) is 0 Å². The van der Waals surface area contributed by atoms with Crippen molar-refractivity contribution in [1.29, 1.82) is 0 Å². The Hall–Kier alpha value is -2.98. The topological polar surface area (TPSA) is 42.7 Å². The van der Waals surface area contributed by atoms with Gasteiger partial charge in [-0.3, -0.25) is 9.67 Å². The van der Waals surface area contributed by atoms with Crippen LogP contribution in [0.2, 0.25) is 0 Å². The minimum absolute atomic E-state index is 0.688. The summed E-state index contributed by atoms with van der Waals surface area (Å²) in [6.07, 6.45) is 5.28. The van der Waals surface area contributed by atoms with Crippen LogP contribution >= 0.6 is 0 Å². The largest absolute Gasteiger partial charge is 0.316 e. The van der Waals surface area contributed by atoms with Crippen LogP contribution in [-0.2, 0) is 6.54 Å². The van der Waals surface area contributed by atoms with Crippen molar-refractivity contribution >= 4 is 10.9 Å². The molecule has 3 heterocycles. The maximum atomic E-state index is 4.80. The lowest BCUT2D eigenvalue weighted by Gasteiger charge is -2.08. The Morgan fingerprint density at radius 2 is 1.89 bits per heavy atom. The fraction of sp³-hybridized carbons (Fsp3) is 0.217. The zero-order valence-corrected chi connectivity index (χ0v) is 15.2. The number of hydrogen-bond acceptors (Lipinski definition) is 3. The Morgan fingerprint density at radius 1 is 0.963 bits per heavy atom. The van der Waals surface area contributed by atoms with Gasteiger partial charge in [0.05, 0.1) is 11.2 Å². The van der Waals surface area contributed by atoms with Gasteiger partial charge in [0, 0.05) is 35.5 Å². The third kappa shape index (κ3) is 3.36. The molecule has 2 aromatic heterocycles. The van der Waals surface area contributed by atoms with Gasteiger partial charge in [-0.05, 0) is 55.3 Å². The quantitative estimate of drug-likeness (QED) is 0.592. The van der Waals surface area contributed by atoms with Crippen molar-refractivity contribution in [2.45, 2.75) is 13.0 Å². The highest BCUT2D eigenvalue weighted by molar-refractivity contribution is 5.84. The second kappa shape index (κ2) is 6.97. The van der Waals surface area contributed by atoms with Gasteiger partial charge in [-0.1, -0.05) is 36.4 Å². The predicted molar refractivity (Wildman–Crippen MR) is 109 cm³/mol. The SMILES string of the molecule is c1cc(-c2cnc3ccccc3c2)cc(-c2ccn(C[C@@H]3CCNC3)n2)c1. The van der Waals surface area contributed by atoms with Crippen LogP contribution in [0.4, 0.5) is 0 Å². The van der Waals surface area contributed by atoms with Gasteiger partial charge in [0.2, 0.25) is 0 Å². The van der Waals surface area contributed by atoms with Crippen molar-refractivity contribution in [1.82, 2.24) is 20.1 Å². The van der Waals surface area contributed by atoms with E-state index in [9.17, 15) is 0 Å². The molecule has 27 heavy (non-hydrogen) atoms.